The average molecular weight is 277 g/mol. The molecule has 1 rings (SSSR count). The highest BCUT2D eigenvalue weighted by molar-refractivity contribution is 5.76. The predicted molar refractivity (Wildman–Crippen MR) is 57.8 cm³/mol. The third kappa shape index (κ3) is 3.67. The molecule has 0 aliphatic rings. The van der Waals surface area contributed by atoms with E-state index in [4.69, 9.17) is 0 Å². The Labute approximate surface area is 106 Å². The van der Waals surface area contributed by atoms with Crippen molar-refractivity contribution >= 4 is 5.97 Å². The zero-order chi connectivity index (χ0) is 14.6. The van der Waals surface area contributed by atoms with E-state index in [0.29, 0.717) is 12.1 Å². The zero-order valence-corrected chi connectivity index (χ0v) is 9.81. The largest absolute Gasteiger partial charge is 0.461 e. The first kappa shape index (κ1) is 14.9. The SMILES string of the molecule is CCOC(=O)C(c1ccc(C(F)(F)F)cc1)[N+](=O)[O-]. The van der Waals surface area contributed by atoms with Crippen molar-refractivity contribution in [2.24, 2.45) is 0 Å². The monoisotopic (exact) mass is 277 g/mol. The topological polar surface area (TPSA) is 69.4 Å². The van der Waals surface area contributed by atoms with Crippen LogP contribution in [0.3, 0.4) is 0 Å². The molecule has 0 aromatic heterocycles. The van der Waals surface area contributed by atoms with Crippen LogP contribution in [0.5, 0.6) is 0 Å². The summed E-state index contributed by atoms with van der Waals surface area (Å²) in [6.07, 6.45) is -4.54. The lowest BCUT2D eigenvalue weighted by Crippen LogP contribution is -2.23. The number of rotatable bonds is 4. The summed E-state index contributed by atoms with van der Waals surface area (Å²) in [7, 11) is 0. The van der Waals surface area contributed by atoms with E-state index in [1.807, 2.05) is 0 Å². The summed E-state index contributed by atoms with van der Waals surface area (Å²) < 4.78 is 41.5. The van der Waals surface area contributed by atoms with Crippen LogP contribution in [0, 0.1) is 10.1 Å². The Hall–Kier alpha value is -2.12. The van der Waals surface area contributed by atoms with Gasteiger partial charge >= 0.3 is 18.2 Å². The van der Waals surface area contributed by atoms with Crippen molar-refractivity contribution in [3.63, 3.8) is 0 Å². The molecule has 104 valence electrons. The molecule has 0 spiro atoms. The molecular formula is C11H10F3NO4. The van der Waals surface area contributed by atoms with Gasteiger partial charge in [0.15, 0.2) is 0 Å². The van der Waals surface area contributed by atoms with Crippen molar-refractivity contribution in [1.29, 1.82) is 0 Å². The molecular weight excluding hydrogens is 267 g/mol. The Morgan fingerprint density at radius 1 is 1.37 bits per heavy atom. The Bertz CT molecular complexity index is 470. The number of hydrogen-bond acceptors (Lipinski definition) is 4. The second-order valence-electron chi connectivity index (χ2n) is 3.56. The van der Waals surface area contributed by atoms with E-state index in [-0.39, 0.29) is 12.2 Å². The molecule has 1 unspecified atom stereocenters. The maximum absolute atomic E-state index is 12.3. The van der Waals surface area contributed by atoms with Crippen molar-refractivity contribution in [3.8, 4) is 0 Å². The summed E-state index contributed by atoms with van der Waals surface area (Å²) in [6, 6.07) is 1.35. The molecule has 0 aliphatic heterocycles. The number of carbonyl (C=O) groups excluding carboxylic acids is 1. The lowest BCUT2D eigenvalue weighted by atomic mass is 10.1. The standard InChI is InChI=1S/C11H10F3NO4/c1-2-19-10(16)9(15(17)18)7-3-5-8(6-4-7)11(12,13)14/h3-6,9H,2H2,1H3. The van der Waals surface area contributed by atoms with E-state index in [0.717, 1.165) is 12.1 Å². The van der Waals surface area contributed by atoms with Gasteiger partial charge in [0.05, 0.1) is 12.2 Å². The van der Waals surface area contributed by atoms with E-state index >= 15 is 0 Å². The Morgan fingerprint density at radius 2 is 1.89 bits per heavy atom. The molecule has 5 nitrogen and oxygen atoms in total. The minimum atomic E-state index is -4.54. The normalized spacial score (nSPS) is 12.8. The smallest absolute Gasteiger partial charge is 0.416 e. The lowest BCUT2D eigenvalue weighted by molar-refractivity contribution is -0.516. The van der Waals surface area contributed by atoms with Gasteiger partial charge in [-0.25, -0.2) is 4.79 Å². The van der Waals surface area contributed by atoms with Crippen LogP contribution < -0.4 is 0 Å². The summed E-state index contributed by atoms with van der Waals surface area (Å²) >= 11 is 0. The Balaban J connectivity index is 3.05. The second kappa shape index (κ2) is 5.68. The molecule has 19 heavy (non-hydrogen) atoms. The molecule has 0 heterocycles. The molecule has 1 aromatic carbocycles. The highest BCUT2D eigenvalue weighted by Crippen LogP contribution is 2.30. The van der Waals surface area contributed by atoms with Gasteiger partial charge in [-0.15, -0.1) is 0 Å². The molecule has 0 N–H and O–H groups in total. The maximum atomic E-state index is 12.3. The van der Waals surface area contributed by atoms with Crippen LogP contribution in [0.2, 0.25) is 0 Å². The molecule has 0 fully saturated rings. The minimum absolute atomic E-state index is 0.0518. The molecule has 0 saturated carbocycles. The van der Waals surface area contributed by atoms with Gasteiger partial charge in [-0.3, -0.25) is 10.1 Å². The highest BCUT2D eigenvalue weighted by Gasteiger charge is 2.35. The first-order valence-corrected chi connectivity index (χ1v) is 5.24. The highest BCUT2D eigenvalue weighted by atomic mass is 19.4. The van der Waals surface area contributed by atoms with Crippen LogP contribution in [-0.2, 0) is 15.7 Å². The van der Waals surface area contributed by atoms with Gasteiger partial charge in [0.1, 0.15) is 0 Å². The second-order valence-corrected chi connectivity index (χ2v) is 3.56. The van der Waals surface area contributed by atoms with Gasteiger partial charge in [0, 0.05) is 10.5 Å². The summed E-state index contributed by atoms with van der Waals surface area (Å²) in [5, 5.41) is 10.8. The number of alkyl halides is 3. The number of carbonyl (C=O) groups is 1. The van der Waals surface area contributed by atoms with Crippen molar-refractivity contribution < 1.29 is 27.6 Å². The number of hydrogen-bond donors (Lipinski definition) is 0. The van der Waals surface area contributed by atoms with E-state index < -0.39 is 28.7 Å². The van der Waals surface area contributed by atoms with Gasteiger partial charge in [-0.2, -0.15) is 13.2 Å². The molecule has 0 bridgehead atoms. The summed E-state index contributed by atoms with van der Waals surface area (Å²) in [5.74, 6) is -1.10. The first-order valence-electron chi connectivity index (χ1n) is 5.24. The van der Waals surface area contributed by atoms with Gasteiger partial charge in [-0.05, 0) is 19.1 Å². The van der Waals surface area contributed by atoms with E-state index in [1.165, 1.54) is 6.92 Å². The van der Waals surface area contributed by atoms with Gasteiger partial charge in [0.25, 0.3) is 0 Å². The molecule has 0 amide bonds. The molecule has 0 aliphatic carbocycles. The van der Waals surface area contributed by atoms with E-state index in [1.54, 1.807) is 0 Å². The Morgan fingerprint density at radius 3 is 2.26 bits per heavy atom. The van der Waals surface area contributed by atoms with Crippen molar-refractivity contribution in [3.05, 3.63) is 45.5 Å². The number of nitrogens with zero attached hydrogens (tertiary/aromatic N) is 1. The van der Waals surface area contributed by atoms with Crippen LogP contribution in [0.4, 0.5) is 13.2 Å². The fourth-order valence-corrected chi connectivity index (χ4v) is 1.42. The zero-order valence-electron chi connectivity index (χ0n) is 9.81. The lowest BCUT2D eigenvalue weighted by Gasteiger charge is -2.10. The van der Waals surface area contributed by atoms with E-state index in [9.17, 15) is 28.1 Å². The number of benzene rings is 1. The Kier molecular flexibility index (Phi) is 4.47. The summed E-state index contributed by atoms with van der Waals surface area (Å²) in [4.78, 5) is 21.3. The van der Waals surface area contributed by atoms with Crippen LogP contribution in [0.1, 0.15) is 24.1 Å². The summed E-state index contributed by atoms with van der Waals surface area (Å²) in [5.41, 5.74) is -1.10. The quantitative estimate of drug-likeness (QED) is 0.482. The molecule has 0 saturated heterocycles. The average Bonchev–Trinajstić information content (AvgIpc) is 2.28. The maximum Gasteiger partial charge on any atom is 0.416 e. The van der Waals surface area contributed by atoms with Gasteiger partial charge in [0.2, 0.25) is 0 Å². The predicted octanol–water partition coefficient (Wildman–Crippen LogP) is 2.59. The van der Waals surface area contributed by atoms with Gasteiger partial charge in [-0.1, -0.05) is 12.1 Å². The van der Waals surface area contributed by atoms with Crippen molar-refractivity contribution in [1.82, 2.24) is 0 Å². The molecule has 0 radical (unpaired) electrons. The number of ether oxygens (including phenoxy) is 1. The van der Waals surface area contributed by atoms with Crippen LogP contribution in [-0.4, -0.2) is 17.5 Å². The molecule has 1 aromatic rings. The van der Waals surface area contributed by atoms with Crippen molar-refractivity contribution in [2.45, 2.75) is 19.1 Å². The van der Waals surface area contributed by atoms with Crippen LogP contribution in [0.15, 0.2) is 24.3 Å². The third-order valence-corrected chi connectivity index (χ3v) is 2.27. The van der Waals surface area contributed by atoms with Crippen LogP contribution in [0.25, 0.3) is 0 Å². The fourth-order valence-electron chi connectivity index (χ4n) is 1.42. The third-order valence-electron chi connectivity index (χ3n) is 2.27. The summed E-state index contributed by atoms with van der Waals surface area (Å²) in [6.45, 7) is 1.42. The fraction of sp³-hybridized carbons (Fsp3) is 0.364. The number of esters is 1. The molecule has 8 heteroatoms. The number of halogens is 3. The van der Waals surface area contributed by atoms with Crippen molar-refractivity contribution in [2.75, 3.05) is 6.61 Å². The van der Waals surface area contributed by atoms with Gasteiger partial charge < -0.3 is 4.74 Å². The minimum Gasteiger partial charge on any atom is -0.461 e. The number of nitro groups is 1. The van der Waals surface area contributed by atoms with E-state index in [2.05, 4.69) is 4.74 Å². The molecule has 1 atom stereocenters. The van der Waals surface area contributed by atoms with Crippen LogP contribution >= 0.6 is 0 Å². The first-order chi connectivity index (χ1) is 8.77.